The fourth-order valence-electron chi connectivity index (χ4n) is 3.07. The van der Waals surface area contributed by atoms with Crippen LogP contribution in [-0.4, -0.2) is 54.4 Å². The van der Waals surface area contributed by atoms with Crippen LogP contribution in [0.15, 0.2) is 24.3 Å². The molecule has 27 heavy (non-hydrogen) atoms. The van der Waals surface area contributed by atoms with Crippen molar-refractivity contribution in [2.45, 2.75) is 63.4 Å². The van der Waals surface area contributed by atoms with Crippen molar-refractivity contribution >= 4 is 11.6 Å². The summed E-state index contributed by atoms with van der Waals surface area (Å²) in [5.74, 6) is 0.0227. The number of aliphatic hydroxyl groups is 2. The third-order valence-corrected chi connectivity index (χ3v) is 4.59. The van der Waals surface area contributed by atoms with Crippen LogP contribution in [0.4, 0.5) is 5.69 Å². The molecule has 0 saturated carbocycles. The Morgan fingerprint density at radius 1 is 1.22 bits per heavy atom. The predicted molar refractivity (Wildman–Crippen MR) is 103 cm³/mol. The molecule has 1 aromatic rings. The molecule has 7 heteroatoms. The zero-order chi connectivity index (χ0) is 19.5. The fraction of sp³-hybridized carbons (Fsp3) is 0.650. The van der Waals surface area contributed by atoms with Crippen molar-refractivity contribution in [2.24, 2.45) is 5.73 Å². The van der Waals surface area contributed by atoms with Crippen molar-refractivity contribution in [1.82, 2.24) is 0 Å². The highest BCUT2D eigenvalue weighted by Gasteiger charge is 2.28. The SMILES string of the molecule is NCCCCCC(=O)Nc1ccc(CCOC2CC(O)CC(CO)O2)cc1. The van der Waals surface area contributed by atoms with Gasteiger partial charge in [-0.2, -0.15) is 0 Å². The van der Waals surface area contributed by atoms with Gasteiger partial charge in [-0.05, 0) is 43.5 Å². The van der Waals surface area contributed by atoms with Crippen LogP contribution in [0, 0.1) is 0 Å². The first-order valence-corrected chi connectivity index (χ1v) is 9.75. The molecule has 1 aliphatic heterocycles. The topological polar surface area (TPSA) is 114 Å². The van der Waals surface area contributed by atoms with E-state index in [0.29, 0.717) is 38.8 Å². The average Bonchev–Trinajstić information content (AvgIpc) is 2.66. The third-order valence-electron chi connectivity index (χ3n) is 4.59. The second kappa shape index (κ2) is 12.0. The molecule has 1 heterocycles. The maximum absolute atomic E-state index is 11.9. The molecular formula is C20H32N2O5. The molecule has 0 bridgehead atoms. The quantitative estimate of drug-likeness (QED) is 0.433. The molecule has 1 amide bonds. The van der Waals surface area contributed by atoms with Crippen molar-refractivity contribution in [3.05, 3.63) is 29.8 Å². The summed E-state index contributed by atoms with van der Waals surface area (Å²) in [6, 6.07) is 7.69. The Balaban J connectivity index is 1.67. The van der Waals surface area contributed by atoms with Crippen molar-refractivity contribution < 1.29 is 24.5 Å². The van der Waals surface area contributed by atoms with Gasteiger partial charge in [0, 0.05) is 24.9 Å². The Hall–Kier alpha value is -1.51. The normalized spacial score (nSPS) is 22.6. The van der Waals surface area contributed by atoms with E-state index in [1.54, 1.807) is 0 Å². The summed E-state index contributed by atoms with van der Waals surface area (Å²) in [7, 11) is 0. The lowest BCUT2D eigenvalue weighted by Crippen LogP contribution is -2.39. The largest absolute Gasteiger partial charge is 0.394 e. The molecule has 0 aromatic heterocycles. The standard InChI is InChI=1S/C20H32N2O5/c21-10-3-1-2-4-19(25)22-16-7-5-15(6-8-16)9-11-26-20-13-17(24)12-18(14-23)27-20/h5-8,17-18,20,23-24H,1-4,9-14,21H2,(H,22,25). The Morgan fingerprint density at radius 2 is 2.00 bits per heavy atom. The lowest BCUT2D eigenvalue weighted by Gasteiger charge is -2.32. The molecule has 152 valence electrons. The van der Waals surface area contributed by atoms with Crippen LogP contribution >= 0.6 is 0 Å². The molecule has 2 rings (SSSR count). The van der Waals surface area contributed by atoms with E-state index in [-0.39, 0.29) is 18.6 Å². The number of ether oxygens (including phenoxy) is 2. The number of unbranched alkanes of at least 4 members (excludes halogenated alkanes) is 2. The highest BCUT2D eigenvalue weighted by atomic mass is 16.7. The minimum Gasteiger partial charge on any atom is -0.394 e. The van der Waals surface area contributed by atoms with Crippen LogP contribution in [0.2, 0.25) is 0 Å². The number of carbonyl (C=O) groups excluding carboxylic acids is 1. The van der Waals surface area contributed by atoms with Gasteiger partial charge < -0.3 is 30.7 Å². The van der Waals surface area contributed by atoms with E-state index in [1.807, 2.05) is 24.3 Å². The molecule has 5 N–H and O–H groups in total. The van der Waals surface area contributed by atoms with Gasteiger partial charge in [0.05, 0.1) is 25.4 Å². The number of nitrogens with two attached hydrogens (primary N) is 1. The monoisotopic (exact) mass is 380 g/mol. The summed E-state index contributed by atoms with van der Waals surface area (Å²) in [4.78, 5) is 11.9. The van der Waals surface area contributed by atoms with Gasteiger partial charge in [0.15, 0.2) is 6.29 Å². The first kappa shape index (κ1) is 21.8. The van der Waals surface area contributed by atoms with Crippen LogP contribution in [-0.2, 0) is 20.7 Å². The first-order valence-electron chi connectivity index (χ1n) is 9.75. The predicted octanol–water partition coefficient (Wildman–Crippen LogP) is 1.56. The zero-order valence-corrected chi connectivity index (χ0v) is 15.8. The molecular weight excluding hydrogens is 348 g/mol. The summed E-state index contributed by atoms with van der Waals surface area (Å²) in [5.41, 5.74) is 7.32. The molecule has 7 nitrogen and oxygen atoms in total. The molecule has 0 aliphatic carbocycles. The molecule has 3 unspecified atom stereocenters. The smallest absolute Gasteiger partial charge is 0.224 e. The number of amides is 1. The van der Waals surface area contributed by atoms with E-state index >= 15 is 0 Å². The summed E-state index contributed by atoms with van der Waals surface area (Å²) in [6.07, 6.45) is 3.51. The number of aliphatic hydroxyl groups excluding tert-OH is 2. The summed E-state index contributed by atoms with van der Waals surface area (Å²) >= 11 is 0. The fourth-order valence-corrected chi connectivity index (χ4v) is 3.07. The van der Waals surface area contributed by atoms with E-state index in [0.717, 1.165) is 30.5 Å². The maximum atomic E-state index is 11.9. The van der Waals surface area contributed by atoms with Crippen molar-refractivity contribution in [1.29, 1.82) is 0 Å². The Bertz CT molecular complexity index is 552. The first-order chi connectivity index (χ1) is 13.1. The number of carbonyl (C=O) groups is 1. The van der Waals surface area contributed by atoms with Crippen LogP contribution in [0.5, 0.6) is 0 Å². The Labute approximate surface area is 160 Å². The Kier molecular flexibility index (Phi) is 9.72. The van der Waals surface area contributed by atoms with E-state index in [9.17, 15) is 9.90 Å². The van der Waals surface area contributed by atoms with Gasteiger partial charge >= 0.3 is 0 Å². The van der Waals surface area contributed by atoms with Crippen LogP contribution in [0.1, 0.15) is 44.1 Å². The third kappa shape index (κ3) is 8.36. The molecule has 1 fully saturated rings. The molecule has 0 radical (unpaired) electrons. The highest BCUT2D eigenvalue weighted by Crippen LogP contribution is 2.20. The summed E-state index contributed by atoms with van der Waals surface area (Å²) in [5, 5.41) is 21.8. The van der Waals surface area contributed by atoms with Crippen molar-refractivity contribution in [3.8, 4) is 0 Å². The number of rotatable bonds is 11. The van der Waals surface area contributed by atoms with Gasteiger partial charge in [0.1, 0.15) is 0 Å². The van der Waals surface area contributed by atoms with Gasteiger partial charge in [0.2, 0.25) is 5.91 Å². The lowest BCUT2D eigenvalue weighted by atomic mass is 10.1. The number of hydrogen-bond donors (Lipinski definition) is 4. The van der Waals surface area contributed by atoms with Crippen LogP contribution < -0.4 is 11.1 Å². The summed E-state index contributed by atoms with van der Waals surface area (Å²) < 4.78 is 11.2. The van der Waals surface area contributed by atoms with Gasteiger partial charge in [-0.3, -0.25) is 4.79 Å². The van der Waals surface area contributed by atoms with Crippen molar-refractivity contribution in [2.75, 3.05) is 25.1 Å². The molecule has 1 saturated heterocycles. The second-order valence-corrected chi connectivity index (χ2v) is 6.96. The van der Waals surface area contributed by atoms with Gasteiger partial charge in [-0.25, -0.2) is 0 Å². The molecule has 1 aromatic carbocycles. The summed E-state index contributed by atoms with van der Waals surface area (Å²) in [6.45, 7) is 1.02. The maximum Gasteiger partial charge on any atom is 0.224 e. The highest BCUT2D eigenvalue weighted by molar-refractivity contribution is 5.90. The molecule has 1 aliphatic rings. The minimum atomic E-state index is -0.501. The van der Waals surface area contributed by atoms with Crippen LogP contribution in [0.3, 0.4) is 0 Å². The number of nitrogens with one attached hydrogen (secondary N) is 1. The molecule has 0 spiro atoms. The zero-order valence-electron chi connectivity index (χ0n) is 15.8. The number of benzene rings is 1. The number of anilines is 1. The average molecular weight is 380 g/mol. The van der Waals surface area contributed by atoms with Gasteiger partial charge in [0.25, 0.3) is 0 Å². The lowest BCUT2D eigenvalue weighted by molar-refractivity contribution is -0.221. The van der Waals surface area contributed by atoms with Crippen molar-refractivity contribution in [3.63, 3.8) is 0 Å². The minimum absolute atomic E-state index is 0.0227. The number of hydrogen-bond acceptors (Lipinski definition) is 6. The van der Waals surface area contributed by atoms with E-state index in [4.69, 9.17) is 20.3 Å². The van der Waals surface area contributed by atoms with Gasteiger partial charge in [-0.15, -0.1) is 0 Å². The van der Waals surface area contributed by atoms with E-state index in [1.165, 1.54) is 0 Å². The van der Waals surface area contributed by atoms with E-state index in [2.05, 4.69) is 5.32 Å². The Morgan fingerprint density at radius 3 is 2.70 bits per heavy atom. The molecule has 3 atom stereocenters. The van der Waals surface area contributed by atoms with E-state index < -0.39 is 12.4 Å². The van der Waals surface area contributed by atoms with Crippen LogP contribution in [0.25, 0.3) is 0 Å². The van der Waals surface area contributed by atoms with Gasteiger partial charge in [-0.1, -0.05) is 18.6 Å². The second-order valence-electron chi connectivity index (χ2n) is 6.96.